The van der Waals surface area contributed by atoms with Crippen molar-refractivity contribution < 1.29 is 17.9 Å². The zero-order valence-electron chi connectivity index (χ0n) is 11.3. The number of nitrogens with two attached hydrogens (primary N) is 1. The molecule has 0 bridgehead atoms. The molecule has 3 N–H and O–H groups in total. The number of carbonyl (C=O) groups is 1. The number of fused-ring (bicyclic) bond motifs is 1. The van der Waals surface area contributed by atoms with Crippen LogP contribution in [0, 0.1) is 0 Å². The Kier molecular flexibility index (Phi) is 4.29. The minimum absolute atomic E-state index is 0.0245. The van der Waals surface area contributed by atoms with Crippen molar-refractivity contribution in [3.05, 3.63) is 23.8 Å². The molecule has 6 nitrogen and oxygen atoms in total. The average molecular weight is 298 g/mol. The van der Waals surface area contributed by atoms with E-state index in [2.05, 4.69) is 5.32 Å². The van der Waals surface area contributed by atoms with Crippen molar-refractivity contribution >= 4 is 15.9 Å². The molecule has 1 aromatic carbocycles. The molecule has 1 aromatic rings. The molecule has 1 atom stereocenters. The second-order valence-corrected chi connectivity index (χ2v) is 6.31. The first kappa shape index (κ1) is 14.8. The average Bonchev–Trinajstić information content (AvgIpc) is 2.38. The molecule has 1 amide bonds. The van der Waals surface area contributed by atoms with Crippen LogP contribution in [0.1, 0.15) is 37.8 Å². The van der Waals surface area contributed by atoms with Gasteiger partial charge in [0.25, 0.3) is 0 Å². The van der Waals surface area contributed by atoms with Crippen molar-refractivity contribution in [1.29, 1.82) is 0 Å². The number of primary sulfonamides is 1. The molecular weight excluding hydrogens is 280 g/mol. The third-order valence-electron chi connectivity index (χ3n) is 3.16. The third-order valence-corrected chi connectivity index (χ3v) is 4.07. The number of ether oxygens (including phenoxy) is 1. The predicted molar refractivity (Wildman–Crippen MR) is 73.7 cm³/mol. The van der Waals surface area contributed by atoms with Crippen LogP contribution in [0.25, 0.3) is 0 Å². The Morgan fingerprint density at radius 1 is 1.50 bits per heavy atom. The van der Waals surface area contributed by atoms with Gasteiger partial charge in [-0.25, -0.2) is 13.6 Å². The number of carbonyl (C=O) groups excluding carboxylic acids is 1. The summed E-state index contributed by atoms with van der Waals surface area (Å²) in [6.07, 6.45) is 1.82. The second kappa shape index (κ2) is 5.80. The Bertz CT molecular complexity index is 613. The lowest BCUT2D eigenvalue weighted by atomic mass is 10.0. The van der Waals surface area contributed by atoms with Crippen LogP contribution in [-0.4, -0.2) is 20.9 Å². The first-order valence-corrected chi connectivity index (χ1v) is 8.05. The van der Waals surface area contributed by atoms with Gasteiger partial charge in [0.1, 0.15) is 5.75 Å². The summed E-state index contributed by atoms with van der Waals surface area (Å²) in [6.45, 7) is 2.41. The van der Waals surface area contributed by atoms with Gasteiger partial charge in [-0.2, -0.15) is 0 Å². The maximum atomic E-state index is 11.7. The standard InChI is InChI=1S/C13H18N2O4S/c1-2-3-13(16)15-11-6-7-19-12-5-4-9(8-10(11)12)20(14,17)18/h4-5,8,11H,2-3,6-7H2,1H3,(H,15,16)(H2,14,17,18). The first-order chi connectivity index (χ1) is 9.41. The molecule has 0 fully saturated rings. The van der Waals surface area contributed by atoms with Gasteiger partial charge in [0, 0.05) is 18.4 Å². The lowest BCUT2D eigenvalue weighted by molar-refractivity contribution is -0.122. The fourth-order valence-electron chi connectivity index (χ4n) is 2.19. The lowest BCUT2D eigenvalue weighted by Crippen LogP contribution is -2.32. The zero-order chi connectivity index (χ0) is 14.8. The summed E-state index contributed by atoms with van der Waals surface area (Å²) in [5.74, 6) is 0.539. The largest absolute Gasteiger partial charge is 0.493 e. The second-order valence-electron chi connectivity index (χ2n) is 4.75. The van der Waals surface area contributed by atoms with Crippen molar-refractivity contribution in [3.63, 3.8) is 0 Å². The van der Waals surface area contributed by atoms with Crippen LogP contribution in [0.3, 0.4) is 0 Å². The van der Waals surface area contributed by atoms with E-state index < -0.39 is 10.0 Å². The summed E-state index contributed by atoms with van der Waals surface area (Å²) < 4.78 is 28.3. The quantitative estimate of drug-likeness (QED) is 0.868. The highest BCUT2D eigenvalue weighted by Gasteiger charge is 2.24. The van der Waals surface area contributed by atoms with Gasteiger partial charge in [-0.15, -0.1) is 0 Å². The third kappa shape index (κ3) is 3.29. The maximum Gasteiger partial charge on any atom is 0.238 e. The summed E-state index contributed by atoms with van der Waals surface area (Å²) in [5, 5.41) is 8.03. The number of hydrogen-bond donors (Lipinski definition) is 2. The van der Waals surface area contributed by atoms with E-state index in [4.69, 9.17) is 9.88 Å². The predicted octanol–water partition coefficient (Wildman–Crippen LogP) is 1.07. The van der Waals surface area contributed by atoms with E-state index in [9.17, 15) is 13.2 Å². The molecule has 7 heteroatoms. The fourth-order valence-corrected chi connectivity index (χ4v) is 2.74. The van der Waals surface area contributed by atoms with E-state index in [0.29, 0.717) is 30.8 Å². The molecule has 0 aromatic heterocycles. The number of amides is 1. The van der Waals surface area contributed by atoms with Gasteiger partial charge >= 0.3 is 0 Å². The highest BCUT2D eigenvalue weighted by atomic mass is 32.2. The molecule has 110 valence electrons. The van der Waals surface area contributed by atoms with Crippen molar-refractivity contribution in [1.82, 2.24) is 5.32 Å². The molecule has 1 aliphatic heterocycles. The summed E-state index contributed by atoms with van der Waals surface area (Å²) in [5.41, 5.74) is 0.659. The summed E-state index contributed by atoms with van der Waals surface area (Å²) >= 11 is 0. The van der Waals surface area contributed by atoms with E-state index >= 15 is 0 Å². The first-order valence-electron chi connectivity index (χ1n) is 6.50. The van der Waals surface area contributed by atoms with E-state index in [0.717, 1.165) is 6.42 Å². The summed E-state index contributed by atoms with van der Waals surface area (Å²) in [4.78, 5) is 11.7. The number of rotatable bonds is 4. The normalized spacial score (nSPS) is 18.0. The van der Waals surface area contributed by atoms with Gasteiger partial charge in [-0.05, 0) is 24.6 Å². The number of benzene rings is 1. The minimum atomic E-state index is -3.77. The highest BCUT2D eigenvalue weighted by molar-refractivity contribution is 7.89. The monoisotopic (exact) mass is 298 g/mol. The summed E-state index contributed by atoms with van der Waals surface area (Å²) in [6, 6.07) is 4.22. The Morgan fingerprint density at radius 2 is 2.25 bits per heavy atom. The van der Waals surface area contributed by atoms with E-state index in [1.165, 1.54) is 12.1 Å². The van der Waals surface area contributed by atoms with Crippen LogP contribution in [0.5, 0.6) is 5.75 Å². The molecule has 1 heterocycles. The lowest BCUT2D eigenvalue weighted by Gasteiger charge is -2.27. The van der Waals surface area contributed by atoms with Crippen LogP contribution in [0.15, 0.2) is 23.1 Å². The Labute approximate surface area is 118 Å². The smallest absolute Gasteiger partial charge is 0.238 e. The van der Waals surface area contributed by atoms with E-state index in [-0.39, 0.29) is 16.8 Å². The SMILES string of the molecule is CCCC(=O)NC1CCOc2ccc(S(N)(=O)=O)cc21. The van der Waals surface area contributed by atoms with Crippen molar-refractivity contribution in [2.45, 2.75) is 37.1 Å². The molecule has 0 spiro atoms. The topological polar surface area (TPSA) is 98.5 Å². The van der Waals surface area contributed by atoms with Crippen LogP contribution in [0.4, 0.5) is 0 Å². The number of sulfonamides is 1. The molecule has 0 saturated carbocycles. The van der Waals surface area contributed by atoms with Crippen molar-refractivity contribution in [3.8, 4) is 5.75 Å². The van der Waals surface area contributed by atoms with Crippen LogP contribution in [-0.2, 0) is 14.8 Å². The molecule has 2 rings (SSSR count). The molecular formula is C13H18N2O4S. The molecule has 1 aliphatic rings. The van der Waals surface area contributed by atoms with Crippen molar-refractivity contribution in [2.24, 2.45) is 5.14 Å². The molecule has 20 heavy (non-hydrogen) atoms. The van der Waals surface area contributed by atoms with E-state index in [1.807, 2.05) is 6.92 Å². The van der Waals surface area contributed by atoms with Gasteiger partial charge in [0.15, 0.2) is 0 Å². The van der Waals surface area contributed by atoms with Crippen molar-refractivity contribution in [2.75, 3.05) is 6.61 Å². The van der Waals surface area contributed by atoms with Crippen LogP contribution in [0.2, 0.25) is 0 Å². The number of hydrogen-bond acceptors (Lipinski definition) is 4. The molecule has 1 unspecified atom stereocenters. The van der Waals surface area contributed by atoms with Crippen LogP contribution < -0.4 is 15.2 Å². The summed E-state index contributed by atoms with van der Waals surface area (Å²) in [7, 11) is -3.77. The fraction of sp³-hybridized carbons (Fsp3) is 0.462. The molecule has 0 aliphatic carbocycles. The van der Waals surface area contributed by atoms with E-state index in [1.54, 1.807) is 6.07 Å². The maximum absolute atomic E-state index is 11.7. The molecule has 0 saturated heterocycles. The highest BCUT2D eigenvalue weighted by Crippen LogP contribution is 2.33. The Morgan fingerprint density at radius 3 is 2.90 bits per heavy atom. The Balaban J connectivity index is 2.31. The van der Waals surface area contributed by atoms with Gasteiger partial charge in [0.05, 0.1) is 17.5 Å². The number of nitrogens with one attached hydrogen (secondary N) is 1. The molecule has 0 radical (unpaired) electrons. The zero-order valence-corrected chi connectivity index (χ0v) is 12.1. The van der Waals surface area contributed by atoms with Gasteiger partial charge in [0.2, 0.25) is 15.9 Å². The van der Waals surface area contributed by atoms with Gasteiger partial charge in [-0.1, -0.05) is 6.92 Å². The van der Waals surface area contributed by atoms with Crippen LogP contribution >= 0.6 is 0 Å². The van der Waals surface area contributed by atoms with Gasteiger partial charge in [-0.3, -0.25) is 4.79 Å². The van der Waals surface area contributed by atoms with Gasteiger partial charge < -0.3 is 10.1 Å². The Hall–Kier alpha value is -1.60. The minimum Gasteiger partial charge on any atom is -0.493 e.